The van der Waals surface area contributed by atoms with Crippen LogP contribution in [0.4, 0.5) is 8.78 Å². The summed E-state index contributed by atoms with van der Waals surface area (Å²) in [5, 5.41) is 4.95. The highest BCUT2D eigenvalue weighted by atomic mass is 19.2. The van der Waals surface area contributed by atoms with E-state index in [4.69, 9.17) is 14.2 Å². The highest BCUT2D eigenvalue weighted by Gasteiger charge is 2.36. The van der Waals surface area contributed by atoms with Crippen LogP contribution in [-0.4, -0.2) is 64.2 Å². The highest BCUT2D eigenvalue weighted by molar-refractivity contribution is 6.19. The molecule has 9 heteroatoms. The second-order valence-electron chi connectivity index (χ2n) is 5.40. The monoisotopic (exact) mass is 364 g/mol. The average molecular weight is 364 g/mol. The molecule has 25 heavy (non-hydrogen) atoms. The van der Waals surface area contributed by atoms with E-state index in [9.17, 15) is 18.4 Å². The first-order chi connectivity index (χ1) is 11.6. The summed E-state index contributed by atoms with van der Waals surface area (Å²) in [7, 11) is 4.15. The fourth-order valence-corrected chi connectivity index (χ4v) is 1.65. The second-order valence-corrected chi connectivity index (χ2v) is 5.40. The number of amides is 1. The zero-order chi connectivity index (χ0) is 19.6. The van der Waals surface area contributed by atoms with Gasteiger partial charge in [-0.05, 0) is 13.8 Å². The van der Waals surface area contributed by atoms with Crippen molar-refractivity contribution >= 4 is 11.7 Å². The van der Waals surface area contributed by atoms with E-state index in [-0.39, 0.29) is 18.7 Å². The molecule has 2 atom stereocenters. The van der Waals surface area contributed by atoms with Gasteiger partial charge in [0.1, 0.15) is 18.0 Å². The average Bonchev–Trinajstić information content (AvgIpc) is 2.54. The van der Waals surface area contributed by atoms with E-state index >= 15 is 0 Å². The van der Waals surface area contributed by atoms with Gasteiger partial charge in [0.2, 0.25) is 0 Å². The Morgan fingerprint density at radius 3 is 2.28 bits per heavy atom. The summed E-state index contributed by atoms with van der Waals surface area (Å²) in [5.74, 6) is -2.74. The third kappa shape index (κ3) is 7.29. The van der Waals surface area contributed by atoms with E-state index in [1.165, 1.54) is 28.3 Å². The van der Waals surface area contributed by atoms with E-state index < -0.39 is 35.5 Å². The lowest BCUT2D eigenvalue weighted by Gasteiger charge is -2.26. The minimum absolute atomic E-state index is 0.154. The fourth-order valence-electron chi connectivity index (χ4n) is 1.65. The predicted octanol–water partition coefficient (Wildman–Crippen LogP) is 1.01. The van der Waals surface area contributed by atoms with Crippen molar-refractivity contribution in [2.24, 2.45) is 0 Å². The van der Waals surface area contributed by atoms with Gasteiger partial charge >= 0.3 is 0 Å². The number of rotatable bonds is 12. The molecule has 0 saturated heterocycles. The summed E-state index contributed by atoms with van der Waals surface area (Å²) >= 11 is 0. The summed E-state index contributed by atoms with van der Waals surface area (Å²) in [5.41, 5.74) is -2.78. The summed E-state index contributed by atoms with van der Waals surface area (Å²) in [4.78, 5) is 24.3. The van der Waals surface area contributed by atoms with Crippen LogP contribution in [-0.2, 0) is 23.8 Å². The van der Waals surface area contributed by atoms with Gasteiger partial charge in [0, 0.05) is 27.5 Å². The molecule has 2 N–H and O–H groups in total. The van der Waals surface area contributed by atoms with Crippen molar-refractivity contribution in [3.63, 3.8) is 0 Å². The Morgan fingerprint density at radius 2 is 1.84 bits per heavy atom. The van der Waals surface area contributed by atoms with Crippen LogP contribution < -0.4 is 10.6 Å². The van der Waals surface area contributed by atoms with Gasteiger partial charge in [-0.15, -0.1) is 0 Å². The predicted molar refractivity (Wildman–Crippen MR) is 88.1 cm³/mol. The fraction of sp³-hybridized carbons (Fsp3) is 0.625. The number of ether oxygens (including phenoxy) is 3. The van der Waals surface area contributed by atoms with Crippen molar-refractivity contribution in [2.75, 3.05) is 34.5 Å². The zero-order valence-electron chi connectivity index (χ0n) is 15.2. The zero-order valence-corrected chi connectivity index (χ0v) is 15.2. The molecule has 0 rings (SSSR count). The van der Waals surface area contributed by atoms with E-state index in [1.807, 2.05) is 0 Å². The maximum atomic E-state index is 14.2. The molecular formula is C16H26F2N2O5. The van der Waals surface area contributed by atoms with Crippen LogP contribution >= 0.6 is 0 Å². The maximum Gasteiger partial charge on any atom is 0.256 e. The molecule has 7 nitrogen and oxygen atoms in total. The molecule has 0 heterocycles. The number of carbonyl (C=O) groups is 2. The number of Topliss-reactive ketones (excluding diaryl/α,β-unsaturated/α-hetero) is 1. The first-order valence-corrected chi connectivity index (χ1v) is 7.47. The van der Waals surface area contributed by atoms with E-state index in [1.54, 1.807) is 0 Å². The van der Waals surface area contributed by atoms with Gasteiger partial charge in [-0.25, -0.2) is 8.78 Å². The number of alkyl halides is 1. The SMILES string of the molecule is C=C(F)C(C)(F)C(C)NC(=O)/C(=C/NCC(OC)OC)C(=O)COC. The number of halogens is 2. The number of hydrogen-bond donors (Lipinski definition) is 2. The Hall–Kier alpha value is -1.84. The van der Waals surface area contributed by atoms with Gasteiger partial charge in [-0.1, -0.05) is 6.58 Å². The lowest BCUT2D eigenvalue weighted by molar-refractivity contribution is -0.125. The third-order valence-electron chi connectivity index (χ3n) is 3.57. The Morgan fingerprint density at radius 1 is 1.28 bits per heavy atom. The molecule has 0 aliphatic heterocycles. The lowest BCUT2D eigenvalue weighted by atomic mass is 9.98. The summed E-state index contributed by atoms with van der Waals surface area (Å²) in [6.07, 6.45) is 0.551. The smallest absolute Gasteiger partial charge is 0.256 e. The first-order valence-electron chi connectivity index (χ1n) is 7.47. The number of methoxy groups -OCH3 is 3. The molecule has 0 aromatic heterocycles. The van der Waals surface area contributed by atoms with Crippen molar-refractivity contribution in [3.05, 3.63) is 24.2 Å². The molecule has 2 unspecified atom stereocenters. The molecule has 0 aliphatic rings. The quantitative estimate of drug-likeness (QED) is 0.233. The number of hydrogen-bond acceptors (Lipinski definition) is 6. The molecule has 0 spiro atoms. The topological polar surface area (TPSA) is 85.9 Å². The van der Waals surface area contributed by atoms with Crippen LogP contribution in [0.2, 0.25) is 0 Å². The van der Waals surface area contributed by atoms with Crippen molar-refractivity contribution < 1.29 is 32.6 Å². The molecule has 0 aromatic carbocycles. The molecule has 0 aliphatic carbocycles. The Labute approximate surface area is 146 Å². The molecule has 0 saturated carbocycles. The molecule has 0 fully saturated rings. The highest BCUT2D eigenvalue weighted by Crippen LogP contribution is 2.25. The van der Waals surface area contributed by atoms with Crippen LogP contribution in [0.15, 0.2) is 24.2 Å². The molecular weight excluding hydrogens is 338 g/mol. The molecule has 1 amide bonds. The summed E-state index contributed by atoms with van der Waals surface area (Å²) in [6, 6.07) is -1.25. The van der Waals surface area contributed by atoms with E-state index in [0.717, 1.165) is 13.1 Å². The Balaban J connectivity index is 5.18. The van der Waals surface area contributed by atoms with Crippen molar-refractivity contribution in [2.45, 2.75) is 31.8 Å². The molecule has 144 valence electrons. The Bertz CT molecular complexity index is 505. The van der Waals surface area contributed by atoms with Gasteiger partial charge in [-0.3, -0.25) is 9.59 Å². The normalized spacial score (nSPS) is 15.4. The van der Waals surface area contributed by atoms with Gasteiger partial charge in [0.05, 0.1) is 12.6 Å². The largest absolute Gasteiger partial charge is 0.385 e. The van der Waals surface area contributed by atoms with Crippen molar-refractivity contribution in [1.29, 1.82) is 0 Å². The third-order valence-corrected chi connectivity index (χ3v) is 3.57. The molecule has 0 aromatic rings. The van der Waals surface area contributed by atoms with Crippen LogP contribution in [0.5, 0.6) is 0 Å². The summed E-state index contributed by atoms with van der Waals surface area (Å²) < 4.78 is 42.0. The lowest BCUT2D eigenvalue weighted by Crippen LogP contribution is -2.48. The van der Waals surface area contributed by atoms with Gasteiger partial charge in [0.25, 0.3) is 5.91 Å². The summed E-state index contributed by atoms with van der Waals surface area (Å²) in [6.45, 7) is 4.93. The second kappa shape index (κ2) is 10.9. The number of carbonyl (C=O) groups excluding carboxylic acids is 2. The van der Waals surface area contributed by atoms with Crippen LogP contribution in [0.1, 0.15) is 13.8 Å². The van der Waals surface area contributed by atoms with Crippen molar-refractivity contribution in [1.82, 2.24) is 10.6 Å². The van der Waals surface area contributed by atoms with Crippen LogP contribution in [0, 0.1) is 0 Å². The number of ketones is 1. The van der Waals surface area contributed by atoms with Gasteiger partial charge in [0.15, 0.2) is 17.7 Å². The standard InChI is InChI=1S/C16H26F2N2O5/c1-10(17)16(3,18)11(2)20-15(22)12(13(21)9-23-4)7-19-8-14(24-5)25-6/h7,11,14,19H,1,8-9H2,2-6H3,(H,20,22)/b12-7+. The van der Waals surface area contributed by atoms with Crippen molar-refractivity contribution in [3.8, 4) is 0 Å². The minimum atomic E-state index is -2.48. The van der Waals surface area contributed by atoms with Gasteiger partial charge in [-0.2, -0.15) is 0 Å². The number of nitrogens with one attached hydrogen (secondary N) is 2. The maximum absolute atomic E-state index is 14.2. The molecule has 0 bridgehead atoms. The van der Waals surface area contributed by atoms with Crippen LogP contribution in [0.3, 0.4) is 0 Å². The Kier molecular flexibility index (Phi) is 10.1. The first kappa shape index (κ1) is 23.2. The van der Waals surface area contributed by atoms with E-state index in [0.29, 0.717) is 0 Å². The molecule has 0 radical (unpaired) electrons. The van der Waals surface area contributed by atoms with Gasteiger partial charge < -0.3 is 24.8 Å². The van der Waals surface area contributed by atoms with E-state index in [2.05, 4.69) is 17.2 Å². The minimum Gasteiger partial charge on any atom is -0.385 e. The van der Waals surface area contributed by atoms with Crippen LogP contribution in [0.25, 0.3) is 0 Å².